The first-order valence-corrected chi connectivity index (χ1v) is 9.30. The summed E-state index contributed by atoms with van der Waals surface area (Å²) in [4.78, 5) is 0. The minimum atomic E-state index is 0.484. The molecule has 66 valence electrons. The standard InChI is InChI=1S/C8H19P3/c1-2-11-7-5-9-3-4-10-6-8-11/h9-10H,2-8H2,1H3. The zero-order valence-corrected chi connectivity index (χ0v) is 10.3. The molecule has 0 aliphatic carbocycles. The van der Waals surface area contributed by atoms with Gasteiger partial charge >= 0.3 is 0 Å². The maximum absolute atomic E-state index is 2.38. The van der Waals surface area contributed by atoms with Crippen LogP contribution in [0.1, 0.15) is 6.92 Å². The van der Waals surface area contributed by atoms with E-state index in [2.05, 4.69) is 6.92 Å². The summed E-state index contributed by atoms with van der Waals surface area (Å²) in [6.45, 7) is 2.38. The quantitative estimate of drug-likeness (QED) is 0.581. The van der Waals surface area contributed by atoms with Crippen molar-refractivity contribution in [1.82, 2.24) is 0 Å². The Kier molecular flexibility index (Phi) is 6.38. The third kappa shape index (κ3) is 4.77. The molecule has 0 radical (unpaired) electrons. The Morgan fingerprint density at radius 2 is 1.55 bits per heavy atom. The Morgan fingerprint density at radius 1 is 1.00 bits per heavy atom. The molecule has 2 atom stereocenters. The van der Waals surface area contributed by atoms with Crippen molar-refractivity contribution >= 4 is 25.1 Å². The van der Waals surface area contributed by atoms with Gasteiger partial charge in [-0.3, -0.25) is 0 Å². The van der Waals surface area contributed by atoms with Gasteiger partial charge in [0.25, 0.3) is 0 Å². The molecule has 0 aromatic rings. The Balaban J connectivity index is 2.19. The van der Waals surface area contributed by atoms with Gasteiger partial charge < -0.3 is 0 Å². The van der Waals surface area contributed by atoms with E-state index in [1.807, 2.05) is 0 Å². The van der Waals surface area contributed by atoms with Gasteiger partial charge in [0.2, 0.25) is 0 Å². The average molecular weight is 208 g/mol. The number of hydrogen-bond acceptors (Lipinski definition) is 0. The van der Waals surface area contributed by atoms with E-state index in [1.165, 1.54) is 23.3 Å². The third-order valence-corrected chi connectivity index (χ3v) is 8.50. The van der Waals surface area contributed by atoms with E-state index >= 15 is 0 Å². The molecular formula is C8H19P3. The molecule has 1 aliphatic heterocycles. The van der Waals surface area contributed by atoms with Crippen LogP contribution in [-0.2, 0) is 0 Å². The number of rotatable bonds is 1. The first-order valence-electron chi connectivity index (χ1n) is 4.57. The van der Waals surface area contributed by atoms with Crippen molar-refractivity contribution in [2.24, 2.45) is 0 Å². The molecule has 1 fully saturated rings. The van der Waals surface area contributed by atoms with Crippen molar-refractivity contribution in [2.45, 2.75) is 6.92 Å². The van der Waals surface area contributed by atoms with Crippen molar-refractivity contribution in [3.63, 3.8) is 0 Å². The van der Waals surface area contributed by atoms with Gasteiger partial charge in [-0.25, -0.2) is 0 Å². The summed E-state index contributed by atoms with van der Waals surface area (Å²) in [5, 5.41) is 0. The fourth-order valence-electron chi connectivity index (χ4n) is 1.33. The summed E-state index contributed by atoms with van der Waals surface area (Å²) in [5.41, 5.74) is 0. The molecule has 1 heterocycles. The topological polar surface area (TPSA) is 0 Å². The smallest absolute Gasteiger partial charge is 0.0289 e. The third-order valence-electron chi connectivity index (χ3n) is 2.14. The Bertz CT molecular complexity index is 85.3. The van der Waals surface area contributed by atoms with Gasteiger partial charge in [0, 0.05) is 0 Å². The van der Waals surface area contributed by atoms with Gasteiger partial charge in [-0.2, -0.15) is 0 Å². The Morgan fingerprint density at radius 3 is 2.00 bits per heavy atom. The second kappa shape index (κ2) is 6.77. The molecule has 1 aliphatic rings. The highest BCUT2D eigenvalue weighted by molar-refractivity contribution is 7.59. The molecular weight excluding hydrogens is 189 g/mol. The van der Waals surface area contributed by atoms with Crippen LogP contribution >= 0.6 is 25.1 Å². The van der Waals surface area contributed by atoms with Crippen LogP contribution in [0.2, 0.25) is 0 Å². The lowest BCUT2D eigenvalue weighted by Gasteiger charge is -2.13. The molecule has 0 saturated carbocycles. The lowest BCUT2D eigenvalue weighted by molar-refractivity contribution is 1.36. The molecule has 0 aromatic carbocycles. The van der Waals surface area contributed by atoms with Crippen LogP contribution < -0.4 is 0 Å². The highest BCUT2D eigenvalue weighted by atomic mass is 31.1. The molecule has 1 saturated heterocycles. The van der Waals surface area contributed by atoms with Gasteiger partial charge in [-0.05, 0) is 43.1 Å². The monoisotopic (exact) mass is 208 g/mol. The van der Waals surface area contributed by atoms with Crippen molar-refractivity contribution < 1.29 is 0 Å². The summed E-state index contributed by atoms with van der Waals surface area (Å²) < 4.78 is 0. The summed E-state index contributed by atoms with van der Waals surface area (Å²) in [5.74, 6) is 0. The van der Waals surface area contributed by atoms with E-state index in [0.29, 0.717) is 7.92 Å². The maximum Gasteiger partial charge on any atom is -0.0289 e. The van der Waals surface area contributed by atoms with Gasteiger partial charge in [0.05, 0.1) is 0 Å². The van der Waals surface area contributed by atoms with Crippen molar-refractivity contribution in [2.75, 3.05) is 43.1 Å². The lowest BCUT2D eigenvalue weighted by atomic mass is 10.9. The second-order valence-corrected chi connectivity index (χ2v) is 8.80. The summed E-state index contributed by atoms with van der Waals surface area (Å²) in [6, 6.07) is 0. The maximum atomic E-state index is 2.38. The first kappa shape index (κ1) is 10.4. The molecule has 0 bridgehead atoms. The summed E-state index contributed by atoms with van der Waals surface area (Å²) in [7, 11) is 3.08. The van der Waals surface area contributed by atoms with E-state index in [-0.39, 0.29) is 0 Å². The largest absolute Gasteiger partial charge is 0.121 e. The lowest BCUT2D eigenvalue weighted by Crippen LogP contribution is -1.94. The van der Waals surface area contributed by atoms with Crippen LogP contribution in [0.25, 0.3) is 0 Å². The SMILES string of the molecule is CCP1CCPCCPCC1. The molecule has 1 rings (SSSR count). The molecule has 0 aromatic heterocycles. The minimum absolute atomic E-state index is 0.484. The zero-order valence-electron chi connectivity index (χ0n) is 7.40. The van der Waals surface area contributed by atoms with E-state index in [1.54, 1.807) is 37.0 Å². The van der Waals surface area contributed by atoms with Gasteiger partial charge in [-0.15, -0.1) is 25.1 Å². The summed E-state index contributed by atoms with van der Waals surface area (Å²) in [6.07, 6.45) is 10.9. The molecule has 0 N–H and O–H groups in total. The van der Waals surface area contributed by atoms with Gasteiger partial charge in [0.15, 0.2) is 0 Å². The highest BCUT2D eigenvalue weighted by Crippen LogP contribution is 2.39. The van der Waals surface area contributed by atoms with E-state index in [9.17, 15) is 0 Å². The van der Waals surface area contributed by atoms with E-state index in [4.69, 9.17) is 0 Å². The second-order valence-electron chi connectivity index (χ2n) is 2.93. The zero-order chi connectivity index (χ0) is 7.94. The molecule has 0 nitrogen and oxygen atoms in total. The predicted octanol–water partition coefficient (Wildman–Crippen LogP) is 2.86. The predicted molar refractivity (Wildman–Crippen MR) is 63.3 cm³/mol. The van der Waals surface area contributed by atoms with Crippen LogP contribution in [0.3, 0.4) is 0 Å². The fraction of sp³-hybridized carbons (Fsp3) is 1.00. The van der Waals surface area contributed by atoms with E-state index < -0.39 is 0 Å². The Hall–Kier alpha value is 1.29. The van der Waals surface area contributed by atoms with Crippen molar-refractivity contribution in [3.05, 3.63) is 0 Å². The van der Waals surface area contributed by atoms with Crippen LogP contribution in [0.5, 0.6) is 0 Å². The van der Waals surface area contributed by atoms with Gasteiger partial charge in [0.1, 0.15) is 0 Å². The first-order chi connectivity index (χ1) is 5.43. The van der Waals surface area contributed by atoms with Crippen LogP contribution in [0.15, 0.2) is 0 Å². The Labute approximate surface area is 75.6 Å². The van der Waals surface area contributed by atoms with Crippen molar-refractivity contribution in [3.8, 4) is 0 Å². The average Bonchev–Trinajstić information content (AvgIpc) is 2.16. The van der Waals surface area contributed by atoms with Crippen LogP contribution in [0, 0.1) is 0 Å². The molecule has 0 amide bonds. The van der Waals surface area contributed by atoms with Crippen molar-refractivity contribution in [1.29, 1.82) is 0 Å². The van der Waals surface area contributed by atoms with Crippen LogP contribution in [0.4, 0.5) is 0 Å². The molecule has 0 spiro atoms. The van der Waals surface area contributed by atoms with E-state index in [0.717, 1.165) is 0 Å². The fourth-order valence-corrected chi connectivity index (χ4v) is 7.89. The number of hydrogen-bond donors (Lipinski definition) is 0. The minimum Gasteiger partial charge on any atom is -0.121 e. The van der Waals surface area contributed by atoms with Gasteiger partial charge in [-0.1, -0.05) is 6.92 Å². The normalized spacial score (nSPS) is 33.0. The molecule has 3 heteroatoms. The molecule has 2 unspecified atom stereocenters. The molecule has 11 heavy (non-hydrogen) atoms. The van der Waals surface area contributed by atoms with Crippen LogP contribution in [-0.4, -0.2) is 43.1 Å². The summed E-state index contributed by atoms with van der Waals surface area (Å²) >= 11 is 0. The highest BCUT2D eigenvalue weighted by Gasteiger charge is 2.06.